The highest BCUT2D eigenvalue weighted by atomic mass is 32.2. The second-order valence-corrected chi connectivity index (χ2v) is 5.63. The molecule has 2 aromatic rings. The third kappa shape index (κ3) is 1.97. The Kier molecular flexibility index (Phi) is 2.76. The van der Waals surface area contributed by atoms with Crippen molar-refractivity contribution < 1.29 is 4.21 Å². The molecule has 1 unspecified atom stereocenters. The first-order chi connectivity index (χ1) is 8.74. The minimum absolute atomic E-state index is 0.842. The molecule has 90 valence electrons. The van der Waals surface area contributed by atoms with Gasteiger partial charge in [0.2, 0.25) is 0 Å². The zero-order chi connectivity index (χ0) is 12.5. The lowest BCUT2D eigenvalue weighted by molar-refractivity contribution is 0.687. The Hall–Kier alpha value is -1.87. The smallest absolute Gasteiger partial charge is 0.0498 e. The Balaban J connectivity index is 2.13. The van der Waals surface area contributed by atoms with Crippen LogP contribution in [-0.4, -0.2) is 10.5 Å². The van der Waals surface area contributed by atoms with E-state index in [0.717, 1.165) is 27.4 Å². The molecule has 18 heavy (non-hydrogen) atoms. The highest BCUT2D eigenvalue weighted by molar-refractivity contribution is 7.84. The van der Waals surface area contributed by atoms with Gasteiger partial charge < -0.3 is 5.32 Å². The summed E-state index contributed by atoms with van der Waals surface area (Å²) in [6, 6.07) is 14.0. The summed E-state index contributed by atoms with van der Waals surface area (Å²) in [4.78, 5) is 0.842. The van der Waals surface area contributed by atoms with Crippen LogP contribution in [0.15, 0.2) is 47.4 Å². The van der Waals surface area contributed by atoms with E-state index < -0.39 is 10.8 Å². The lowest BCUT2D eigenvalue weighted by Crippen LogP contribution is -1.95. The molecule has 0 bridgehead atoms. The standard InChI is InChI=1S/C15H13NOS/c1-18(17)13-9-8-12-7-6-11-4-2-3-5-14(11)16-15(12)10-13/h2-10,16H,1H3. The van der Waals surface area contributed by atoms with E-state index in [4.69, 9.17) is 0 Å². The number of nitrogens with one attached hydrogen (secondary N) is 1. The molecule has 2 aromatic carbocycles. The Labute approximate surface area is 109 Å². The van der Waals surface area contributed by atoms with Gasteiger partial charge in [-0.1, -0.05) is 36.4 Å². The van der Waals surface area contributed by atoms with Gasteiger partial charge in [0.25, 0.3) is 0 Å². The SMILES string of the molecule is CS(=O)c1ccc2c(c1)Nc1ccccc1C=C2. The van der Waals surface area contributed by atoms with Crippen LogP contribution in [0.1, 0.15) is 11.1 Å². The molecule has 1 aliphatic rings. The van der Waals surface area contributed by atoms with Gasteiger partial charge in [-0.25, -0.2) is 0 Å². The second kappa shape index (κ2) is 4.42. The molecule has 1 aliphatic heterocycles. The minimum Gasteiger partial charge on any atom is -0.355 e. The van der Waals surface area contributed by atoms with Gasteiger partial charge in [0, 0.05) is 33.3 Å². The molecule has 0 radical (unpaired) electrons. The molecular formula is C15H13NOS. The van der Waals surface area contributed by atoms with E-state index >= 15 is 0 Å². The Morgan fingerprint density at radius 1 is 0.944 bits per heavy atom. The molecule has 0 aromatic heterocycles. The van der Waals surface area contributed by atoms with Crippen LogP contribution in [0.4, 0.5) is 11.4 Å². The highest BCUT2D eigenvalue weighted by Crippen LogP contribution is 2.31. The summed E-state index contributed by atoms with van der Waals surface area (Å²) >= 11 is 0. The van der Waals surface area contributed by atoms with Gasteiger partial charge in [-0.05, 0) is 29.3 Å². The number of para-hydroxylation sites is 1. The summed E-state index contributed by atoms with van der Waals surface area (Å²) in [7, 11) is -0.955. The van der Waals surface area contributed by atoms with Crippen molar-refractivity contribution in [1.82, 2.24) is 0 Å². The largest absolute Gasteiger partial charge is 0.355 e. The number of hydrogen-bond donors (Lipinski definition) is 1. The van der Waals surface area contributed by atoms with Crippen molar-refractivity contribution >= 4 is 34.3 Å². The summed E-state index contributed by atoms with van der Waals surface area (Å²) in [5, 5.41) is 3.40. The Morgan fingerprint density at radius 2 is 1.67 bits per heavy atom. The van der Waals surface area contributed by atoms with Crippen molar-refractivity contribution in [3.63, 3.8) is 0 Å². The molecule has 0 aliphatic carbocycles. The summed E-state index contributed by atoms with van der Waals surface area (Å²) < 4.78 is 11.5. The molecule has 0 amide bonds. The maximum absolute atomic E-state index is 11.5. The third-order valence-electron chi connectivity index (χ3n) is 3.03. The van der Waals surface area contributed by atoms with Gasteiger partial charge in [0.05, 0.1) is 0 Å². The van der Waals surface area contributed by atoms with Gasteiger partial charge in [-0.15, -0.1) is 0 Å². The van der Waals surface area contributed by atoms with Crippen LogP contribution in [-0.2, 0) is 10.8 Å². The van der Waals surface area contributed by atoms with E-state index in [1.165, 1.54) is 0 Å². The minimum atomic E-state index is -0.955. The van der Waals surface area contributed by atoms with E-state index in [9.17, 15) is 4.21 Å². The van der Waals surface area contributed by atoms with Crippen molar-refractivity contribution in [1.29, 1.82) is 0 Å². The zero-order valence-electron chi connectivity index (χ0n) is 10.0. The third-order valence-corrected chi connectivity index (χ3v) is 3.95. The molecule has 1 heterocycles. The number of benzene rings is 2. The predicted molar refractivity (Wildman–Crippen MR) is 77.4 cm³/mol. The average molecular weight is 255 g/mol. The van der Waals surface area contributed by atoms with Crippen LogP contribution >= 0.6 is 0 Å². The van der Waals surface area contributed by atoms with Crippen molar-refractivity contribution in [2.45, 2.75) is 4.90 Å². The lowest BCUT2D eigenvalue weighted by atomic mass is 10.1. The number of hydrogen-bond acceptors (Lipinski definition) is 2. The van der Waals surface area contributed by atoms with Crippen LogP contribution in [0.2, 0.25) is 0 Å². The predicted octanol–water partition coefficient (Wildman–Crippen LogP) is 3.65. The van der Waals surface area contributed by atoms with E-state index in [1.54, 1.807) is 6.26 Å². The molecule has 3 rings (SSSR count). The first kappa shape index (κ1) is 11.2. The second-order valence-electron chi connectivity index (χ2n) is 4.25. The van der Waals surface area contributed by atoms with Crippen LogP contribution in [0, 0.1) is 0 Å². The first-order valence-electron chi connectivity index (χ1n) is 5.76. The summed E-state index contributed by atoms with van der Waals surface area (Å²) in [6.07, 6.45) is 5.87. The molecular weight excluding hydrogens is 242 g/mol. The average Bonchev–Trinajstić information content (AvgIpc) is 2.56. The van der Waals surface area contributed by atoms with Gasteiger partial charge in [-0.2, -0.15) is 0 Å². The molecule has 0 saturated heterocycles. The summed E-state index contributed by atoms with van der Waals surface area (Å²) in [6.45, 7) is 0. The monoisotopic (exact) mass is 255 g/mol. The van der Waals surface area contributed by atoms with E-state index in [-0.39, 0.29) is 0 Å². The van der Waals surface area contributed by atoms with Crippen LogP contribution in [0.25, 0.3) is 12.2 Å². The lowest BCUT2D eigenvalue weighted by Gasteiger charge is -2.10. The molecule has 0 spiro atoms. The van der Waals surface area contributed by atoms with Crippen molar-refractivity contribution in [2.75, 3.05) is 11.6 Å². The van der Waals surface area contributed by atoms with Crippen LogP contribution < -0.4 is 5.32 Å². The molecule has 0 fully saturated rings. The van der Waals surface area contributed by atoms with E-state index in [0.29, 0.717) is 0 Å². The molecule has 3 heteroatoms. The van der Waals surface area contributed by atoms with E-state index in [1.807, 2.05) is 36.4 Å². The Morgan fingerprint density at radius 3 is 2.44 bits per heavy atom. The van der Waals surface area contributed by atoms with Gasteiger partial charge >= 0.3 is 0 Å². The molecule has 1 N–H and O–H groups in total. The quantitative estimate of drug-likeness (QED) is 0.719. The number of fused-ring (bicyclic) bond motifs is 2. The molecule has 0 saturated carbocycles. The fourth-order valence-electron chi connectivity index (χ4n) is 2.05. The van der Waals surface area contributed by atoms with E-state index in [2.05, 4.69) is 23.5 Å². The fraction of sp³-hybridized carbons (Fsp3) is 0.0667. The van der Waals surface area contributed by atoms with Crippen LogP contribution in [0.3, 0.4) is 0 Å². The zero-order valence-corrected chi connectivity index (χ0v) is 10.8. The molecule has 1 atom stereocenters. The van der Waals surface area contributed by atoms with Crippen molar-refractivity contribution in [2.24, 2.45) is 0 Å². The van der Waals surface area contributed by atoms with Crippen molar-refractivity contribution in [3.05, 3.63) is 53.6 Å². The maximum Gasteiger partial charge on any atom is 0.0498 e. The number of anilines is 2. The Bertz CT molecular complexity index is 661. The fourth-order valence-corrected chi connectivity index (χ4v) is 2.59. The summed E-state index contributed by atoms with van der Waals surface area (Å²) in [5.74, 6) is 0. The van der Waals surface area contributed by atoms with Gasteiger partial charge in [0.15, 0.2) is 0 Å². The highest BCUT2D eigenvalue weighted by Gasteiger charge is 2.09. The maximum atomic E-state index is 11.5. The van der Waals surface area contributed by atoms with Gasteiger partial charge in [-0.3, -0.25) is 4.21 Å². The van der Waals surface area contributed by atoms with Crippen molar-refractivity contribution in [3.8, 4) is 0 Å². The topological polar surface area (TPSA) is 29.1 Å². The number of rotatable bonds is 1. The van der Waals surface area contributed by atoms with Gasteiger partial charge in [0.1, 0.15) is 0 Å². The first-order valence-corrected chi connectivity index (χ1v) is 7.31. The normalized spacial score (nSPS) is 14.1. The van der Waals surface area contributed by atoms with Crippen LogP contribution in [0.5, 0.6) is 0 Å². The molecule has 2 nitrogen and oxygen atoms in total. The summed E-state index contributed by atoms with van der Waals surface area (Å²) in [5.41, 5.74) is 4.35.